The van der Waals surface area contributed by atoms with Crippen LogP contribution in [-0.4, -0.2) is 42.1 Å². The third-order valence-electron chi connectivity index (χ3n) is 3.57. The van der Waals surface area contributed by atoms with E-state index in [0.29, 0.717) is 12.6 Å². The van der Waals surface area contributed by atoms with Gasteiger partial charge in [-0.15, -0.1) is 0 Å². The van der Waals surface area contributed by atoms with E-state index >= 15 is 0 Å². The molecule has 0 heterocycles. The number of nitrogens with two attached hydrogens (primary N) is 1. The average Bonchev–Trinajstić information content (AvgIpc) is 2.37. The predicted octanol–water partition coefficient (Wildman–Crippen LogP) is 2.31. The molecule has 2 N–H and O–H groups in total. The van der Waals surface area contributed by atoms with Gasteiger partial charge in [0.15, 0.2) is 0 Å². The van der Waals surface area contributed by atoms with Gasteiger partial charge in [-0.1, -0.05) is 19.3 Å². The van der Waals surface area contributed by atoms with Gasteiger partial charge < -0.3 is 15.4 Å². The lowest BCUT2D eigenvalue weighted by Crippen LogP contribution is -2.45. The van der Waals surface area contributed by atoms with Gasteiger partial charge in [0, 0.05) is 12.6 Å². The summed E-state index contributed by atoms with van der Waals surface area (Å²) in [6.07, 6.45) is 6.90. The summed E-state index contributed by atoms with van der Waals surface area (Å²) >= 11 is 0. The number of hydrogen-bond acceptors (Lipinski definition) is 3. The largest absolute Gasteiger partial charge is 0.366 e. The van der Waals surface area contributed by atoms with Gasteiger partial charge in [0.2, 0.25) is 5.91 Å². The Balaban J connectivity index is 2.53. The fourth-order valence-electron chi connectivity index (χ4n) is 2.53. The van der Waals surface area contributed by atoms with Crippen LogP contribution in [0.25, 0.3) is 0 Å². The summed E-state index contributed by atoms with van der Waals surface area (Å²) in [6, 6.07) is 0.399. The van der Waals surface area contributed by atoms with E-state index in [9.17, 15) is 4.79 Å². The Bertz CT molecular complexity index is 268. The minimum Gasteiger partial charge on any atom is -0.366 e. The Labute approximate surface area is 117 Å². The number of carbonyl (C=O) groups is 1. The van der Waals surface area contributed by atoms with Gasteiger partial charge in [-0.25, -0.2) is 0 Å². The molecule has 1 aliphatic rings. The predicted molar refractivity (Wildman–Crippen MR) is 78.0 cm³/mol. The first-order valence-corrected chi connectivity index (χ1v) is 7.57. The van der Waals surface area contributed by atoms with Crippen LogP contribution in [-0.2, 0) is 9.53 Å². The molecule has 112 valence electrons. The van der Waals surface area contributed by atoms with Crippen LogP contribution in [0.15, 0.2) is 0 Å². The highest BCUT2D eigenvalue weighted by Gasteiger charge is 2.26. The van der Waals surface area contributed by atoms with Crippen molar-refractivity contribution in [3.8, 4) is 0 Å². The zero-order valence-corrected chi connectivity index (χ0v) is 12.8. The van der Waals surface area contributed by atoms with Gasteiger partial charge in [0.05, 0.1) is 5.60 Å². The number of amides is 1. The second-order valence-electron chi connectivity index (χ2n) is 6.42. The first-order valence-electron chi connectivity index (χ1n) is 7.57. The molecule has 0 spiro atoms. The van der Waals surface area contributed by atoms with Crippen molar-refractivity contribution in [2.45, 2.75) is 70.9 Å². The van der Waals surface area contributed by atoms with Crippen LogP contribution >= 0.6 is 0 Å². The van der Waals surface area contributed by atoms with E-state index in [0.717, 1.165) is 25.8 Å². The highest BCUT2D eigenvalue weighted by molar-refractivity contribution is 5.77. The molecule has 1 aliphatic carbocycles. The fraction of sp³-hybridized carbons (Fsp3) is 0.933. The van der Waals surface area contributed by atoms with Crippen LogP contribution in [0.3, 0.4) is 0 Å². The SMILES string of the molecule is CC(C)(C)OCC(=O)N(CCCN)C1CCCCC1. The average molecular weight is 270 g/mol. The lowest BCUT2D eigenvalue weighted by molar-refractivity contribution is -0.144. The topological polar surface area (TPSA) is 55.6 Å². The summed E-state index contributed by atoms with van der Waals surface area (Å²) in [6.45, 7) is 7.52. The molecule has 0 aliphatic heterocycles. The van der Waals surface area contributed by atoms with E-state index < -0.39 is 0 Å². The molecule has 0 atom stereocenters. The lowest BCUT2D eigenvalue weighted by atomic mass is 9.94. The Hall–Kier alpha value is -0.610. The zero-order valence-electron chi connectivity index (χ0n) is 12.8. The summed E-state index contributed by atoms with van der Waals surface area (Å²) in [5, 5.41) is 0. The molecule has 4 nitrogen and oxygen atoms in total. The Morgan fingerprint density at radius 3 is 2.42 bits per heavy atom. The fourth-order valence-corrected chi connectivity index (χ4v) is 2.53. The quantitative estimate of drug-likeness (QED) is 0.806. The van der Waals surface area contributed by atoms with Crippen LogP contribution < -0.4 is 5.73 Å². The van der Waals surface area contributed by atoms with Crippen LogP contribution in [0.2, 0.25) is 0 Å². The van der Waals surface area contributed by atoms with E-state index in [-0.39, 0.29) is 18.1 Å². The normalized spacial score (nSPS) is 17.5. The van der Waals surface area contributed by atoms with Crippen molar-refractivity contribution >= 4 is 5.91 Å². The molecular weight excluding hydrogens is 240 g/mol. The third kappa shape index (κ3) is 6.39. The molecule has 0 aromatic heterocycles. The van der Waals surface area contributed by atoms with Gasteiger partial charge >= 0.3 is 0 Å². The van der Waals surface area contributed by atoms with Gasteiger partial charge in [0.25, 0.3) is 0 Å². The Morgan fingerprint density at radius 1 is 1.26 bits per heavy atom. The maximum Gasteiger partial charge on any atom is 0.248 e. The van der Waals surface area contributed by atoms with Crippen molar-refractivity contribution in [1.29, 1.82) is 0 Å². The standard InChI is InChI=1S/C15H30N2O2/c1-15(2,3)19-12-14(18)17(11-7-10-16)13-8-5-4-6-9-13/h13H,4-12,16H2,1-3H3. The summed E-state index contributed by atoms with van der Waals surface area (Å²) in [5.74, 6) is 0.121. The minimum atomic E-state index is -0.262. The van der Waals surface area contributed by atoms with Crippen LogP contribution in [0, 0.1) is 0 Å². The first kappa shape index (κ1) is 16.4. The number of hydrogen-bond donors (Lipinski definition) is 1. The molecule has 1 rings (SSSR count). The molecule has 1 fully saturated rings. The third-order valence-corrected chi connectivity index (χ3v) is 3.57. The van der Waals surface area contributed by atoms with Gasteiger partial charge in [-0.2, -0.15) is 0 Å². The second-order valence-corrected chi connectivity index (χ2v) is 6.42. The molecule has 0 aromatic carbocycles. The van der Waals surface area contributed by atoms with Crippen molar-refractivity contribution in [3.05, 3.63) is 0 Å². The zero-order chi connectivity index (χ0) is 14.3. The second kappa shape index (κ2) is 7.85. The monoisotopic (exact) mass is 270 g/mol. The summed E-state index contributed by atoms with van der Waals surface area (Å²) < 4.78 is 5.62. The molecule has 19 heavy (non-hydrogen) atoms. The smallest absolute Gasteiger partial charge is 0.248 e. The maximum absolute atomic E-state index is 12.4. The van der Waals surface area contributed by atoms with Crippen LogP contribution in [0.4, 0.5) is 0 Å². The van der Waals surface area contributed by atoms with E-state index in [1.54, 1.807) is 0 Å². The molecular formula is C15H30N2O2. The molecule has 0 bridgehead atoms. The van der Waals surface area contributed by atoms with E-state index in [1.165, 1.54) is 19.3 Å². The van der Waals surface area contributed by atoms with Crippen molar-refractivity contribution in [2.24, 2.45) is 5.73 Å². The Kier molecular flexibility index (Phi) is 6.80. The number of carbonyl (C=O) groups excluding carboxylic acids is 1. The maximum atomic E-state index is 12.4. The van der Waals surface area contributed by atoms with Crippen LogP contribution in [0.5, 0.6) is 0 Å². The molecule has 4 heteroatoms. The number of ether oxygens (including phenoxy) is 1. The first-order chi connectivity index (χ1) is 8.94. The van der Waals surface area contributed by atoms with Crippen molar-refractivity contribution in [1.82, 2.24) is 4.90 Å². The molecule has 0 aromatic rings. The highest BCUT2D eigenvalue weighted by Crippen LogP contribution is 2.23. The Morgan fingerprint density at radius 2 is 1.89 bits per heavy atom. The van der Waals surface area contributed by atoms with E-state index in [4.69, 9.17) is 10.5 Å². The van der Waals surface area contributed by atoms with E-state index in [2.05, 4.69) is 0 Å². The summed E-state index contributed by atoms with van der Waals surface area (Å²) in [7, 11) is 0. The highest BCUT2D eigenvalue weighted by atomic mass is 16.5. The van der Waals surface area contributed by atoms with Crippen molar-refractivity contribution < 1.29 is 9.53 Å². The summed E-state index contributed by atoms with van der Waals surface area (Å²) in [4.78, 5) is 14.4. The van der Waals surface area contributed by atoms with E-state index in [1.807, 2.05) is 25.7 Å². The van der Waals surface area contributed by atoms with Crippen molar-refractivity contribution in [3.63, 3.8) is 0 Å². The molecule has 1 amide bonds. The number of rotatable bonds is 6. The molecule has 0 saturated heterocycles. The lowest BCUT2D eigenvalue weighted by Gasteiger charge is -2.35. The van der Waals surface area contributed by atoms with Crippen molar-refractivity contribution in [2.75, 3.05) is 19.7 Å². The summed E-state index contributed by atoms with van der Waals surface area (Å²) in [5.41, 5.74) is 5.32. The number of nitrogens with zero attached hydrogens (tertiary/aromatic N) is 1. The molecule has 0 unspecified atom stereocenters. The minimum absolute atomic E-state index is 0.121. The van der Waals surface area contributed by atoms with Gasteiger partial charge in [0.1, 0.15) is 6.61 Å². The molecule has 0 radical (unpaired) electrons. The van der Waals surface area contributed by atoms with Gasteiger partial charge in [-0.05, 0) is 46.6 Å². The molecule has 1 saturated carbocycles. The van der Waals surface area contributed by atoms with Gasteiger partial charge in [-0.3, -0.25) is 4.79 Å². The van der Waals surface area contributed by atoms with Crippen LogP contribution in [0.1, 0.15) is 59.3 Å².